The molecule has 1 aliphatic rings. The first-order valence-electron chi connectivity index (χ1n) is 5.52. The largest absolute Gasteiger partial charge is 0.393 e. The number of aliphatic hydroxyl groups is 1. The van der Waals surface area contributed by atoms with Crippen LogP contribution in [0.3, 0.4) is 0 Å². The highest BCUT2D eigenvalue weighted by Gasteiger charge is 2.32. The molecule has 0 aromatic carbocycles. The number of hydrogen-bond acceptors (Lipinski definition) is 4. The van der Waals surface area contributed by atoms with E-state index >= 15 is 0 Å². The molecule has 0 saturated heterocycles. The predicted octanol–water partition coefficient (Wildman–Crippen LogP) is -0.189. The predicted molar refractivity (Wildman–Crippen MR) is 61.8 cm³/mol. The molecule has 0 aliphatic heterocycles. The van der Waals surface area contributed by atoms with Gasteiger partial charge < -0.3 is 5.11 Å². The SMILES string of the molecule is CN(CC1CC(O)C1)S(=O)(=O)c1cnn(C)c1. The molecule has 96 valence electrons. The lowest BCUT2D eigenvalue weighted by molar-refractivity contribution is 0.0367. The Morgan fingerprint density at radius 3 is 2.71 bits per heavy atom. The maximum absolute atomic E-state index is 12.1. The van der Waals surface area contributed by atoms with Gasteiger partial charge in [-0.2, -0.15) is 5.10 Å². The van der Waals surface area contributed by atoms with Gasteiger partial charge in [0.25, 0.3) is 0 Å². The third-order valence-electron chi connectivity index (χ3n) is 3.12. The number of sulfonamides is 1. The molecule has 1 aliphatic carbocycles. The molecule has 2 rings (SSSR count). The van der Waals surface area contributed by atoms with Gasteiger partial charge in [-0.15, -0.1) is 0 Å². The van der Waals surface area contributed by atoms with E-state index in [0.29, 0.717) is 19.4 Å². The summed E-state index contributed by atoms with van der Waals surface area (Å²) in [6, 6.07) is 0. The fraction of sp³-hybridized carbons (Fsp3) is 0.700. The van der Waals surface area contributed by atoms with E-state index in [1.807, 2.05) is 0 Å². The molecule has 0 unspecified atom stereocenters. The summed E-state index contributed by atoms with van der Waals surface area (Å²) in [7, 11) is -0.194. The molecular formula is C10H17N3O3S. The first-order valence-corrected chi connectivity index (χ1v) is 6.96. The van der Waals surface area contributed by atoms with Crippen LogP contribution in [0.1, 0.15) is 12.8 Å². The average Bonchev–Trinajstić information content (AvgIpc) is 2.63. The van der Waals surface area contributed by atoms with Crippen LogP contribution >= 0.6 is 0 Å². The van der Waals surface area contributed by atoms with Gasteiger partial charge in [-0.3, -0.25) is 4.68 Å². The molecule has 1 heterocycles. The van der Waals surface area contributed by atoms with E-state index in [1.54, 1.807) is 14.1 Å². The maximum Gasteiger partial charge on any atom is 0.245 e. The molecular weight excluding hydrogens is 242 g/mol. The Hall–Kier alpha value is -0.920. The smallest absolute Gasteiger partial charge is 0.245 e. The molecule has 0 amide bonds. The van der Waals surface area contributed by atoms with Crippen molar-refractivity contribution in [3.8, 4) is 0 Å². The van der Waals surface area contributed by atoms with E-state index in [1.165, 1.54) is 21.4 Å². The highest BCUT2D eigenvalue weighted by Crippen LogP contribution is 2.29. The van der Waals surface area contributed by atoms with Gasteiger partial charge in [0.1, 0.15) is 4.90 Å². The molecule has 1 aromatic heterocycles. The van der Waals surface area contributed by atoms with Crippen molar-refractivity contribution in [2.24, 2.45) is 13.0 Å². The number of hydrogen-bond donors (Lipinski definition) is 1. The molecule has 17 heavy (non-hydrogen) atoms. The minimum Gasteiger partial charge on any atom is -0.393 e. The van der Waals surface area contributed by atoms with Crippen LogP contribution in [0.2, 0.25) is 0 Å². The Balaban J connectivity index is 2.05. The topological polar surface area (TPSA) is 75.4 Å². The number of rotatable bonds is 4. The lowest BCUT2D eigenvalue weighted by atomic mass is 9.82. The Morgan fingerprint density at radius 2 is 2.24 bits per heavy atom. The summed E-state index contributed by atoms with van der Waals surface area (Å²) in [4.78, 5) is 0.211. The van der Waals surface area contributed by atoms with Crippen LogP contribution in [0.5, 0.6) is 0 Å². The minimum absolute atomic E-state index is 0.211. The van der Waals surface area contributed by atoms with Crippen LogP contribution < -0.4 is 0 Å². The van der Waals surface area contributed by atoms with Gasteiger partial charge in [-0.1, -0.05) is 0 Å². The Labute approximate surface area is 101 Å². The third-order valence-corrected chi connectivity index (χ3v) is 4.89. The van der Waals surface area contributed by atoms with Gasteiger partial charge in [0, 0.05) is 26.8 Å². The Bertz CT molecular complexity index is 491. The molecule has 1 saturated carbocycles. The normalized spacial score (nSPS) is 24.9. The zero-order valence-electron chi connectivity index (χ0n) is 9.94. The van der Waals surface area contributed by atoms with Crippen molar-refractivity contribution in [1.29, 1.82) is 0 Å². The number of aryl methyl sites for hydroxylation is 1. The number of nitrogens with zero attached hydrogens (tertiary/aromatic N) is 3. The van der Waals surface area contributed by atoms with E-state index in [0.717, 1.165) is 0 Å². The van der Waals surface area contributed by atoms with Crippen LogP contribution in [-0.2, 0) is 17.1 Å². The average molecular weight is 259 g/mol. The van der Waals surface area contributed by atoms with Crippen LogP contribution in [-0.4, -0.2) is 47.3 Å². The van der Waals surface area contributed by atoms with Gasteiger partial charge in [-0.05, 0) is 18.8 Å². The van der Waals surface area contributed by atoms with Crippen LogP contribution in [0.15, 0.2) is 17.3 Å². The maximum atomic E-state index is 12.1. The molecule has 1 aromatic rings. The zero-order valence-corrected chi connectivity index (χ0v) is 10.8. The fourth-order valence-electron chi connectivity index (χ4n) is 2.02. The molecule has 0 atom stereocenters. The van der Waals surface area contributed by atoms with Crippen LogP contribution in [0.25, 0.3) is 0 Å². The van der Waals surface area contributed by atoms with E-state index in [9.17, 15) is 13.5 Å². The monoisotopic (exact) mass is 259 g/mol. The van der Waals surface area contributed by atoms with Crippen molar-refractivity contribution in [3.05, 3.63) is 12.4 Å². The Kier molecular flexibility index (Phi) is 3.24. The van der Waals surface area contributed by atoms with Crippen LogP contribution in [0.4, 0.5) is 0 Å². The van der Waals surface area contributed by atoms with E-state index in [2.05, 4.69) is 5.10 Å². The Morgan fingerprint density at radius 1 is 1.59 bits per heavy atom. The van der Waals surface area contributed by atoms with E-state index in [4.69, 9.17) is 0 Å². The summed E-state index contributed by atoms with van der Waals surface area (Å²) < 4.78 is 27.0. The number of aliphatic hydroxyl groups excluding tert-OH is 1. The van der Waals surface area contributed by atoms with Gasteiger partial charge in [-0.25, -0.2) is 12.7 Å². The summed E-state index contributed by atoms with van der Waals surface area (Å²) in [6.45, 7) is 0.453. The minimum atomic E-state index is -3.44. The summed E-state index contributed by atoms with van der Waals surface area (Å²) in [5.74, 6) is 0.265. The summed E-state index contributed by atoms with van der Waals surface area (Å²) in [5, 5.41) is 13.0. The van der Waals surface area contributed by atoms with Crippen molar-refractivity contribution in [3.63, 3.8) is 0 Å². The first-order chi connectivity index (χ1) is 7.89. The van der Waals surface area contributed by atoms with Crippen molar-refractivity contribution in [2.75, 3.05) is 13.6 Å². The molecule has 1 N–H and O–H groups in total. The molecule has 0 spiro atoms. The molecule has 0 bridgehead atoms. The van der Waals surface area contributed by atoms with Gasteiger partial charge in [0.05, 0.1) is 12.3 Å². The summed E-state index contributed by atoms with van der Waals surface area (Å²) in [5.41, 5.74) is 0. The lowest BCUT2D eigenvalue weighted by Gasteiger charge is -2.33. The zero-order chi connectivity index (χ0) is 12.6. The highest BCUT2D eigenvalue weighted by molar-refractivity contribution is 7.89. The van der Waals surface area contributed by atoms with Crippen molar-refractivity contribution in [2.45, 2.75) is 23.8 Å². The van der Waals surface area contributed by atoms with E-state index in [-0.39, 0.29) is 16.9 Å². The molecule has 7 heteroatoms. The second-order valence-electron chi connectivity index (χ2n) is 4.63. The first kappa shape index (κ1) is 12.5. The van der Waals surface area contributed by atoms with Crippen LogP contribution in [0, 0.1) is 5.92 Å². The third kappa shape index (κ3) is 2.51. The molecule has 0 radical (unpaired) electrons. The van der Waals surface area contributed by atoms with Gasteiger partial charge in [0.15, 0.2) is 0 Å². The molecule has 1 fully saturated rings. The quantitative estimate of drug-likeness (QED) is 0.813. The highest BCUT2D eigenvalue weighted by atomic mass is 32.2. The van der Waals surface area contributed by atoms with Gasteiger partial charge >= 0.3 is 0 Å². The lowest BCUT2D eigenvalue weighted by Crippen LogP contribution is -2.39. The summed E-state index contributed by atoms with van der Waals surface area (Å²) in [6.07, 6.45) is 3.96. The molecule has 6 nitrogen and oxygen atoms in total. The fourth-order valence-corrected chi connectivity index (χ4v) is 3.26. The second-order valence-corrected chi connectivity index (χ2v) is 6.67. The second kappa shape index (κ2) is 4.40. The van der Waals surface area contributed by atoms with Crippen molar-refractivity contribution >= 4 is 10.0 Å². The van der Waals surface area contributed by atoms with Crippen molar-refractivity contribution < 1.29 is 13.5 Å². The standard InChI is InChI=1S/C10H17N3O3S/c1-12-7-10(5-11-12)17(15,16)13(2)6-8-3-9(14)4-8/h5,7-9,14H,3-4,6H2,1-2H3. The number of aromatic nitrogens is 2. The van der Waals surface area contributed by atoms with Crippen molar-refractivity contribution in [1.82, 2.24) is 14.1 Å². The van der Waals surface area contributed by atoms with Gasteiger partial charge in [0.2, 0.25) is 10.0 Å². The van der Waals surface area contributed by atoms with E-state index < -0.39 is 10.0 Å². The summed E-state index contributed by atoms with van der Waals surface area (Å²) >= 11 is 0.